The minimum atomic E-state index is -0.791. The molecule has 1 aromatic rings. The molecule has 0 amide bonds. The van der Waals surface area contributed by atoms with Gasteiger partial charge < -0.3 is 4.90 Å². The van der Waals surface area contributed by atoms with Gasteiger partial charge in [0.1, 0.15) is 0 Å². The smallest absolute Gasteiger partial charge is 0.311 e. The molecular formula is C9H11N3O3S. The average molecular weight is 241 g/mol. The number of pyridine rings is 1. The number of hydrogen-bond acceptors (Lipinski definition) is 5. The molecule has 1 aromatic heterocycles. The van der Waals surface area contributed by atoms with Crippen molar-refractivity contribution in [1.29, 1.82) is 0 Å². The van der Waals surface area contributed by atoms with Gasteiger partial charge in [-0.1, -0.05) is 0 Å². The largest absolute Gasteiger partial charge is 0.349 e. The second-order valence-electron chi connectivity index (χ2n) is 3.44. The first-order valence-electron chi connectivity index (χ1n) is 4.88. The lowest BCUT2D eigenvalue weighted by atomic mass is 10.3. The predicted octanol–water partition coefficient (Wildman–Crippen LogP) is 0.558. The van der Waals surface area contributed by atoms with Crippen LogP contribution in [-0.2, 0) is 10.8 Å². The number of anilines is 1. The lowest BCUT2D eigenvalue weighted by molar-refractivity contribution is -0.384. The van der Waals surface area contributed by atoms with E-state index in [-0.39, 0.29) is 5.69 Å². The lowest BCUT2D eigenvalue weighted by Gasteiger charge is -2.26. The summed E-state index contributed by atoms with van der Waals surface area (Å²) in [5.41, 5.74) is 0.00943. The number of nitro groups is 1. The van der Waals surface area contributed by atoms with Crippen molar-refractivity contribution in [2.45, 2.75) is 0 Å². The van der Waals surface area contributed by atoms with Crippen molar-refractivity contribution < 1.29 is 9.13 Å². The summed E-state index contributed by atoms with van der Waals surface area (Å²) in [6.07, 6.45) is 1.54. The van der Waals surface area contributed by atoms with Crippen molar-refractivity contribution in [2.24, 2.45) is 0 Å². The Labute approximate surface area is 94.9 Å². The van der Waals surface area contributed by atoms with Gasteiger partial charge in [-0.2, -0.15) is 0 Å². The third kappa shape index (κ3) is 2.19. The maximum absolute atomic E-state index is 11.2. The van der Waals surface area contributed by atoms with Crippen molar-refractivity contribution >= 4 is 22.3 Å². The highest BCUT2D eigenvalue weighted by Crippen LogP contribution is 2.25. The Kier molecular flexibility index (Phi) is 3.14. The molecule has 86 valence electrons. The standard InChI is InChI=1S/C9H11N3O3S/c13-12(14)8-2-1-3-10-9(8)11-4-6-16(15)7-5-11/h1-3H,4-7H2. The van der Waals surface area contributed by atoms with E-state index in [1.165, 1.54) is 12.3 Å². The summed E-state index contributed by atoms with van der Waals surface area (Å²) in [4.78, 5) is 16.2. The zero-order chi connectivity index (χ0) is 11.5. The van der Waals surface area contributed by atoms with Gasteiger partial charge in [0.15, 0.2) is 0 Å². The Hall–Kier alpha value is -1.50. The Morgan fingerprint density at radius 3 is 2.75 bits per heavy atom. The zero-order valence-electron chi connectivity index (χ0n) is 8.54. The topological polar surface area (TPSA) is 76.3 Å². The third-order valence-corrected chi connectivity index (χ3v) is 3.72. The maximum atomic E-state index is 11.2. The van der Waals surface area contributed by atoms with Crippen LogP contribution < -0.4 is 4.90 Å². The van der Waals surface area contributed by atoms with Crippen LogP contribution in [0.4, 0.5) is 11.5 Å². The Morgan fingerprint density at radius 1 is 1.44 bits per heavy atom. The van der Waals surface area contributed by atoms with Gasteiger partial charge in [0.05, 0.1) is 4.92 Å². The molecule has 1 aliphatic rings. The summed E-state index contributed by atoms with van der Waals surface area (Å²) < 4.78 is 11.2. The van der Waals surface area contributed by atoms with Crippen LogP contribution in [0.25, 0.3) is 0 Å². The van der Waals surface area contributed by atoms with Crippen LogP contribution in [0, 0.1) is 10.1 Å². The first-order chi connectivity index (χ1) is 7.68. The van der Waals surface area contributed by atoms with Gasteiger partial charge in [-0.3, -0.25) is 14.3 Å². The summed E-state index contributed by atoms with van der Waals surface area (Å²) in [6, 6.07) is 2.98. The van der Waals surface area contributed by atoms with Gasteiger partial charge in [-0.15, -0.1) is 0 Å². The summed E-state index contributed by atoms with van der Waals surface area (Å²) in [5, 5.41) is 10.8. The highest BCUT2D eigenvalue weighted by Gasteiger charge is 2.23. The molecule has 0 radical (unpaired) electrons. The quantitative estimate of drug-likeness (QED) is 0.558. The monoisotopic (exact) mass is 241 g/mol. The molecule has 2 heterocycles. The summed E-state index contributed by atoms with van der Waals surface area (Å²) in [7, 11) is -0.791. The molecular weight excluding hydrogens is 230 g/mol. The van der Waals surface area contributed by atoms with Crippen LogP contribution in [0.2, 0.25) is 0 Å². The van der Waals surface area contributed by atoms with Crippen molar-refractivity contribution in [2.75, 3.05) is 29.5 Å². The minimum Gasteiger partial charge on any atom is -0.349 e. The SMILES string of the molecule is O=[N+]([O-])c1cccnc1N1CCS(=O)CC1. The summed E-state index contributed by atoms with van der Waals surface area (Å²) in [6.45, 7) is 1.12. The molecule has 0 aliphatic carbocycles. The lowest BCUT2D eigenvalue weighted by Crippen LogP contribution is -2.38. The summed E-state index contributed by atoms with van der Waals surface area (Å²) in [5.74, 6) is 1.48. The molecule has 7 heteroatoms. The third-order valence-electron chi connectivity index (χ3n) is 2.44. The molecule has 6 nitrogen and oxygen atoms in total. The predicted molar refractivity (Wildman–Crippen MR) is 61.0 cm³/mol. The molecule has 1 fully saturated rings. The molecule has 0 bridgehead atoms. The zero-order valence-corrected chi connectivity index (χ0v) is 9.35. The number of nitrogens with zero attached hydrogens (tertiary/aromatic N) is 3. The van der Waals surface area contributed by atoms with E-state index in [4.69, 9.17) is 0 Å². The van der Waals surface area contributed by atoms with Crippen molar-refractivity contribution in [3.8, 4) is 0 Å². The van der Waals surface area contributed by atoms with Crippen LogP contribution in [0.1, 0.15) is 0 Å². The van der Waals surface area contributed by atoms with Crippen molar-refractivity contribution in [3.63, 3.8) is 0 Å². The van der Waals surface area contributed by atoms with Gasteiger partial charge in [-0.25, -0.2) is 4.98 Å². The number of aromatic nitrogens is 1. The molecule has 0 atom stereocenters. The fraction of sp³-hybridized carbons (Fsp3) is 0.444. The fourth-order valence-electron chi connectivity index (χ4n) is 1.62. The van der Waals surface area contributed by atoms with Gasteiger partial charge in [0, 0.05) is 47.7 Å². The van der Waals surface area contributed by atoms with E-state index < -0.39 is 15.7 Å². The average Bonchev–Trinajstić information content (AvgIpc) is 2.30. The van der Waals surface area contributed by atoms with E-state index in [2.05, 4.69) is 4.98 Å². The molecule has 2 rings (SSSR count). The first-order valence-corrected chi connectivity index (χ1v) is 6.36. The molecule has 0 spiro atoms. The highest BCUT2D eigenvalue weighted by molar-refractivity contribution is 7.85. The van der Waals surface area contributed by atoms with E-state index in [0.29, 0.717) is 30.4 Å². The molecule has 0 N–H and O–H groups in total. The molecule has 1 saturated heterocycles. The van der Waals surface area contributed by atoms with Crippen LogP contribution in [0.5, 0.6) is 0 Å². The summed E-state index contributed by atoms with van der Waals surface area (Å²) >= 11 is 0. The molecule has 0 unspecified atom stereocenters. The van der Waals surface area contributed by atoms with E-state index in [0.717, 1.165) is 0 Å². The maximum Gasteiger partial charge on any atom is 0.311 e. The Morgan fingerprint density at radius 2 is 2.12 bits per heavy atom. The van der Waals surface area contributed by atoms with Crippen LogP contribution in [0.3, 0.4) is 0 Å². The Balaban J connectivity index is 2.26. The molecule has 16 heavy (non-hydrogen) atoms. The number of hydrogen-bond donors (Lipinski definition) is 0. The van der Waals surface area contributed by atoms with Gasteiger partial charge in [-0.05, 0) is 6.07 Å². The van der Waals surface area contributed by atoms with Crippen LogP contribution in [-0.4, -0.2) is 38.7 Å². The van der Waals surface area contributed by atoms with E-state index in [9.17, 15) is 14.3 Å². The van der Waals surface area contributed by atoms with E-state index in [1.807, 2.05) is 4.90 Å². The molecule has 1 aliphatic heterocycles. The minimum absolute atomic E-state index is 0.00943. The van der Waals surface area contributed by atoms with Crippen LogP contribution >= 0.6 is 0 Å². The second-order valence-corrected chi connectivity index (χ2v) is 5.13. The highest BCUT2D eigenvalue weighted by atomic mass is 32.2. The molecule has 0 aromatic carbocycles. The second kappa shape index (κ2) is 4.56. The number of rotatable bonds is 2. The normalized spacial score (nSPS) is 17.4. The van der Waals surface area contributed by atoms with Crippen molar-refractivity contribution in [3.05, 3.63) is 28.4 Å². The molecule has 0 saturated carbocycles. The van der Waals surface area contributed by atoms with E-state index >= 15 is 0 Å². The van der Waals surface area contributed by atoms with Gasteiger partial charge >= 0.3 is 5.69 Å². The van der Waals surface area contributed by atoms with Gasteiger partial charge in [0.25, 0.3) is 0 Å². The Bertz CT molecular complexity index is 428. The fourth-order valence-corrected chi connectivity index (χ4v) is 2.68. The van der Waals surface area contributed by atoms with Gasteiger partial charge in [0.2, 0.25) is 5.82 Å². The first kappa shape index (κ1) is 11.0. The van der Waals surface area contributed by atoms with Crippen LogP contribution in [0.15, 0.2) is 18.3 Å². The van der Waals surface area contributed by atoms with Crippen molar-refractivity contribution in [1.82, 2.24) is 4.98 Å². The van der Waals surface area contributed by atoms with E-state index in [1.54, 1.807) is 6.07 Å².